The van der Waals surface area contributed by atoms with Gasteiger partial charge in [-0.3, -0.25) is 9.59 Å². The molecule has 0 bridgehead atoms. The van der Waals surface area contributed by atoms with Gasteiger partial charge in [-0.2, -0.15) is 0 Å². The van der Waals surface area contributed by atoms with Gasteiger partial charge in [0.05, 0.1) is 12.8 Å². The lowest BCUT2D eigenvalue weighted by Crippen LogP contribution is -2.23. The summed E-state index contributed by atoms with van der Waals surface area (Å²) in [7, 11) is 0. The zero-order valence-electron chi connectivity index (χ0n) is 13.5. The van der Waals surface area contributed by atoms with Crippen LogP contribution in [0, 0.1) is 0 Å². The molecule has 1 heterocycles. The third-order valence-electron chi connectivity index (χ3n) is 3.51. The Morgan fingerprint density at radius 3 is 2.23 bits per heavy atom. The minimum atomic E-state index is -0.371. The van der Waals surface area contributed by atoms with Crippen LogP contribution in [0.4, 0.5) is 5.69 Å². The lowest BCUT2D eigenvalue weighted by atomic mass is 10.1. The number of furan rings is 1. The molecule has 132 valence electrons. The topological polar surface area (TPSA) is 71.3 Å². The molecule has 0 atom stereocenters. The molecule has 26 heavy (non-hydrogen) atoms. The molecule has 0 saturated carbocycles. The first-order chi connectivity index (χ1) is 12.5. The SMILES string of the molecule is O=C(NCc1ccco1)c1cccc(C(=O)Nc2cc(Cl)cc(Cl)c2)c1. The molecule has 0 radical (unpaired) electrons. The van der Waals surface area contributed by atoms with Crippen molar-refractivity contribution in [1.82, 2.24) is 5.32 Å². The largest absolute Gasteiger partial charge is 0.467 e. The van der Waals surface area contributed by atoms with E-state index in [4.69, 9.17) is 27.6 Å². The van der Waals surface area contributed by atoms with Gasteiger partial charge in [0.15, 0.2) is 0 Å². The molecule has 2 N–H and O–H groups in total. The van der Waals surface area contributed by atoms with Crippen molar-refractivity contribution in [2.45, 2.75) is 6.54 Å². The van der Waals surface area contributed by atoms with Crippen molar-refractivity contribution < 1.29 is 14.0 Å². The van der Waals surface area contributed by atoms with Crippen LogP contribution in [0.1, 0.15) is 26.5 Å². The molecule has 0 aliphatic carbocycles. The molecule has 0 aliphatic rings. The molecule has 2 aromatic carbocycles. The van der Waals surface area contributed by atoms with Crippen LogP contribution in [0.25, 0.3) is 0 Å². The second-order valence-electron chi connectivity index (χ2n) is 5.46. The summed E-state index contributed by atoms with van der Waals surface area (Å²) < 4.78 is 5.17. The fourth-order valence-electron chi connectivity index (χ4n) is 2.31. The van der Waals surface area contributed by atoms with E-state index < -0.39 is 0 Å². The Morgan fingerprint density at radius 1 is 0.885 bits per heavy atom. The highest BCUT2D eigenvalue weighted by Crippen LogP contribution is 2.23. The van der Waals surface area contributed by atoms with E-state index >= 15 is 0 Å². The van der Waals surface area contributed by atoms with Gasteiger partial charge in [-0.05, 0) is 48.5 Å². The van der Waals surface area contributed by atoms with Gasteiger partial charge < -0.3 is 15.1 Å². The molecule has 7 heteroatoms. The molecule has 2 amide bonds. The molecule has 1 aromatic heterocycles. The van der Waals surface area contributed by atoms with Gasteiger partial charge in [0, 0.05) is 26.9 Å². The van der Waals surface area contributed by atoms with E-state index in [0.717, 1.165) is 0 Å². The minimum absolute atomic E-state index is 0.267. The first kappa shape index (κ1) is 18.0. The monoisotopic (exact) mass is 388 g/mol. The van der Waals surface area contributed by atoms with Crippen molar-refractivity contribution in [1.29, 1.82) is 0 Å². The summed E-state index contributed by atoms with van der Waals surface area (Å²) in [6.07, 6.45) is 1.54. The Morgan fingerprint density at radius 2 is 1.58 bits per heavy atom. The highest BCUT2D eigenvalue weighted by atomic mass is 35.5. The molecule has 0 aliphatic heterocycles. The zero-order valence-corrected chi connectivity index (χ0v) is 15.0. The van der Waals surface area contributed by atoms with Crippen LogP contribution in [0.15, 0.2) is 65.3 Å². The Labute approximate surface area is 159 Å². The smallest absolute Gasteiger partial charge is 0.255 e. The summed E-state index contributed by atoms with van der Waals surface area (Å²) in [5.74, 6) is -0.0315. The second-order valence-corrected chi connectivity index (χ2v) is 6.33. The van der Waals surface area contributed by atoms with E-state index in [2.05, 4.69) is 10.6 Å². The molecule has 3 rings (SSSR count). The Kier molecular flexibility index (Phi) is 5.61. The maximum atomic E-state index is 12.4. The fourth-order valence-corrected chi connectivity index (χ4v) is 2.84. The number of carbonyl (C=O) groups is 2. The van der Waals surface area contributed by atoms with E-state index in [1.54, 1.807) is 48.5 Å². The number of rotatable bonds is 5. The van der Waals surface area contributed by atoms with Gasteiger partial charge in [-0.15, -0.1) is 0 Å². The van der Waals surface area contributed by atoms with Gasteiger partial charge in [0.25, 0.3) is 11.8 Å². The molecule has 0 fully saturated rings. The molecule has 0 spiro atoms. The average Bonchev–Trinajstić information content (AvgIpc) is 3.12. The second kappa shape index (κ2) is 8.08. The van der Waals surface area contributed by atoms with E-state index in [9.17, 15) is 9.59 Å². The van der Waals surface area contributed by atoms with Crippen molar-refractivity contribution >= 4 is 40.7 Å². The first-order valence-electron chi connectivity index (χ1n) is 7.69. The Hall–Kier alpha value is -2.76. The number of benzene rings is 2. The van der Waals surface area contributed by atoms with Gasteiger partial charge in [0.2, 0.25) is 0 Å². The van der Waals surface area contributed by atoms with Crippen molar-refractivity contribution in [3.63, 3.8) is 0 Å². The summed E-state index contributed by atoms with van der Waals surface area (Å²) in [5.41, 5.74) is 1.18. The van der Waals surface area contributed by atoms with Crippen LogP contribution >= 0.6 is 23.2 Å². The van der Waals surface area contributed by atoms with Crippen LogP contribution in [-0.2, 0) is 6.54 Å². The van der Waals surface area contributed by atoms with E-state index in [1.807, 2.05) is 0 Å². The van der Waals surface area contributed by atoms with Gasteiger partial charge in [0.1, 0.15) is 5.76 Å². The number of hydrogen-bond donors (Lipinski definition) is 2. The van der Waals surface area contributed by atoms with Crippen LogP contribution in [-0.4, -0.2) is 11.8 Å². The number of carbonyl (C=O) groups excluding carboxylic acids is 2. The van der Waals surface area contributed by atoms with Crippen molar-refractivity contribution in [3.05, 3.63) is 87.8 Å². The van der Waals surface area contributed by atoms with E-state index in [0.29, 0.717) is 32.6 Å². The van der Waals surface area contributed by atoms with E-state index in [1.165, 1.54) is 12.3 Å². The standard InChI is InChI=1S/C19H14Cl2N2O3/c20-14-8-15(21)10-16(9-14)23-19(25)13-4-1-3-12(7-13)18(24)22-11-17-5-2-6-26-17/h1-10H,11H2,(H,22,24)(H,23,25). The van der Waals surface area contributed by atoms with Crippen LogP contribution in [0.2, 0.25) is 10.0 Å². The molecule has 3 aromatic rings. The lowest BCUT2D eigenvalue weighted by molar-refractivity contribution is 0.0948. The third-order valence-corrected chi connectivity index (χ3v) is 3.95. The molecular formula is C19H14Cl2N2O3. The number of nitrogens with one attached hydrogen (secondary N) is 2. The van der Waals surface area contributed by atoms with Crippen molar-refractivity contribution in [2.75, 3.05) is 5.32 Å². The predicted molar refractivity (Wildman–Crippen MR) is 101 cm³/mol. The van der Waals surface area contributed by atoms with Crippen LogP contribution < -0.4 is 10.6 Å². The third kappa shape index (κ3) is 4.65. The highest BCUT2D eigenvalue weighted by Gasteiger charge is 2.12. The fraction of sp³-hybridized carbons (Fsp3) is 0.0526. The number of hydrogen-bond acceptors (Lipinski definition) is 3. The summed E-state index contributed by atoms with van der Waals surface area (Å²) in [6.45, 7) is 0.267. The highest BCUT2D eigenvalue weighted by molar-refractivity contribution is 6.35. The average molecular weight is 389 g/mol. The maximum absolute atomic E-state index is 12.4. The summed E-state index contributed by atoms with van der Waals surface area (Å²) >= 11 is 11.9. The van der Waals surface area contributed by atoms with E-state index in [-0.39, 0.29) is 18.4 Å². The summed E-state index contributed by atoms with van der Waals surface area (Å²) in [4.78, 5) is 24.7. The normalized spacial score (nSPS) is 10.4. The molecular weight excluding hydrogens is 375 g/mol. The summed E-state index contributed by atoms with van der Waals surface area (Å²) in [6, 6.07) is 14.7. The van der Waals surface area contributed by atoms with Crippen molar-refractivity contribution in [3.8, 4) is 0 Å². The van der Waals surface area contributed by atoms with Gasteiger partial charge in [-0.1, -0.05) is 29.3 Å². The van der Waals surface area contributed by atoms with Gasteiger partial charge >= 0.3 is 0 Å². The lowest BCUT2D eigenvalue weighted by Gasteiger charge is -2.08. The molecule has 0 saturated heterocycles. The van der Waals surface area contributed by atoms with Crippen molar-refractivity contribution in [2.24, 2.45) is 0 Å². The minimum Gasteiger partial charge on any atom is -0.467 e. The quantitative estimate of drug-likeness (QED) is 0.661. The Bertz CT molecular complexity index is 919. The van der Waals surface area contributed by atoms with Crippen LogP contribution in [0.3, 0.4) is 0 Å². The number of halogens is 2. The molecule has 5 nitrogen and oxygen atoms in total. The number of amides is 2. The first-order valence-corrected chi connectivity index (χ1v) is 8.45. The van der Waals surface area contributed by atoms with Gasteiger partial charge in [-0.25, -0.2) is 0 Å². The predicted octanol–water partition coefficient (Wildman–Crippen LogP) is 4.77. The summed E-state index contributed by atoms with van der Waals surface area (Å²) in [5, 5.41) is 6.27. The molecule has 0 unspecified atom stereocenters. The maximum Gasteiger partial charge on any atom is 0.255 e. The van der Waals surface area contributed by atoms with Crippen LogP contribution in [0.5, 0.6) is 0 Å². The Balaban J connectivity index is 1.69. The number of anilines is 1. The zero-order chi connectivity index (χ0) is 18.5.